The second-order valence-corrected chi connectivity index (χ2v) is 6.70. The monoisotopic (exact) mass is 270 g/mol. The van der Waals surface area contributed by atoms with Crippen LogP contribution in [0.1, 0.15) is 40.0 Å². The predicted molar refractivity (Wildman–Crippen MR) is 71.3 cm³/mol. The number of rotatable bonds is 5. The molecule has 0 unspecified atom stereocenters. The van der Waals surface area contributed by atoms with Crippen molar-refractivity contribution in [2.24, 2.45) is 29.1 Å². The summed E-state index contributed by atoms with van der Waals surface area (Å²) in [6.07, 6.45) is 1.43. The average molecular weight is 270 g/mol. The SMILES string of the molecule is CC(=O)CC[C@@H]1[C@H]([C@H]2C[C@@H](O)OC[C@H]2C)[C@@]1(C)CO. The van der Waals surface area contributed by atoms with Gasteiger partial charge in [0, 0.05) is 19.4 Å². The van der Waals surface area contributed by atoms with Crippen LogP contribution >= 0.6 is 0 Å². The minimum atomic E-state index is -0.668. The largest absolute Gasteiger partial charge is 0.396 e. The third kappa shape index (κ3) is 2.86. The molecule has 2 N–H and O–H groups in total. The number of carbonyl (C=O) groups is 1. The van der Waals surface area contributed by atoms with Crippen LogP contribution in [-0.2, 0) is 9.53 Å². The van der Waals surface area contributed by atoms with Crippen LogP contribution in [-0.4, -0.2) is 35.5 Å². The van der Waals surface area contributed by atoms with E-state index in [-0.39, 0.29) is 17.8 Å². The number of hydrogen-bond donors (Lipinski definition) is 2. The van der Waals surface area contributed by atoms with Crippen molar-refractivity contribution in [3.8, 4) is 0 Å². The molecule has 1 saturated carbocycles. The van der Waals surface area contributed by atoms with E-state index >= 15 is 0 Å². The Kier molecular flexibility index (Phi) is 4.33. The van der Waals surface area contributed by atoms with Crippen molar-refractivity contribution < 1.29 is 19.7 Å². The minimum Gasteiger partial charge on any atom is -0.396 e. The van der Waals surface area contributed by atoms with Crippen molar-refractivity contribution in [1.29, 1.82) is 0 Å². The van der Waals surface area contributed by atoms with Crippen LogP contribution < -0.4 is 0 Å². The highest BCUT2D eigenvalue weighted by atomic mass is 16.6. The lowest BCUT2D eigenvalue weighted by Crippen LogP contribution is -2.34. The van der Waals surface area contributed by atoms with E-state index in [9.17, 15) is 15.0 Å². The number of aliphatic hydroxyl groups is 2. The van der Waals surface area contributed by atoms with Crippen molar-refractivity contribution in [3.05, 3.63) is 0 Å². The lowest BCUT2D eigenvalue weighted by molar-refractivity contribution is -0.161. The van der Waals surface area contributed by atoms with Crippen molar-refractivity contribution in [2.75, 3.05) is 13.2 Å². The third-order valence-electron chi connectivity index (χ3n) is 5.30. The van der Waals surface area contributed by atoms with Crippen LogP contribution in [0.3, 0.4) is 0 Å². The highest BCUT2D eigenvalue weighted by Gasteiger charge is 2.63. The second-order valence-electron chi connectivity index (χ2n) is 6.70. The Labute approximate surface area is 115 Å². The van der Waals surface area contributed by atoms with Gasteiger partial charge < -0.3 is 19.7 Å². The molecule has 6 atom stereocenters. The molecule has 19 heavy (non-hydrogen) atoms. The summed E-state index contributed by atoms with van der Waals surface area (Å²) in [5.41, 5.74) is -0.0779. The van der Waals surface area contributed by atoms with Gasteiger partial charge in [-0.2, -0.15) is 0 Å². The topological polar surface area (TPSA) is 66.8 Å². The summed E-state index contributed by atoms with van der Waals surface area (Å²) in [5.74, 6) is 1.81. The maximum Gasteiger partial charge on any atom is 0.154 e. The quantitative estimate of drug-likeness (QED) is 0.796. The second kappa shape index (κ2) is 5.51. The summed E-state index contributed by atoms with van der Waals surface area (Å²) in [6.45, 7) is 6.63. The van der Waals surface area contributed by atoms with E-state index in [4.69, 9.17) is 4.74 Å². The lowest BCUT2D eigenvalue weighted by atomic mass is 9.82. The van der Waals surface area contributed by atoms with Crippen LogP contribution in [0.2, 0.25) is 0 Å². The first kappa shape index (κ1) is 14.9. The first-order chi connectivity index (χ1) is 8.90. The average Bonchev–Trinajstić information content (AvgIpc) is 2.95. The van der Waals surface area contributed by atoms with Gasteiger partial charge in [-0.15, -0.1) is 0 Å². The molecule has 0 spiro atoms. The molecule has 2 rings (SSSR count). The first-order valence-electron chi connectivity index (χ1n) is 7.30. The number of aliphatic hydroxyl groups excluding tert-OH is 2. The van der Waals surface area contributed by atoms with Gasteiger partial charge in [-0.25, -0.2) is 0 Å². The van der Waals surface area contributed by atoms with Crippen LogP contribution in [0, 0.1) is 29.1 Å². The van der Waals surface area contributed by atoms with Crippen LogP contribution in [0.25, 0.3) is 0 Å². The maximum atomic E-state index is 11.2. The molecule has 4 heteroatoms. The van der Waals surface area contributed by atoms with Crippen molar-refractivity contribution in [2.45, 2.75) is 46.3 Å². The summed E-state index contributed by atoms with van der Waals surface area (Å²) in [7, 11) is 0. The Balaban J connectivity index is 2.03. The van der Waals surface area contributed by atoms with Crippen molar-refractivity contribution in [3.63, 3.8) is 0 Å². The normalized spacial score (nSPS) is 46.1. The maximum absolute atomic E-state index is 11.2. The van der Waals surface area contributed by atoms with Gasteiger partial charge in [0.25, 0.3) is 0 Å². The molecule has 0 aromatic rings. The van der Waals surface area contributed by atoms with Gasteiger partial charge in [0.2, 0.25) is 0 Å². The fourth-order valence-corrected chi connectivity index (χ4v) is 4.00. The van der Waals surface area contributed by atoms with E-state index in [1.807, 2.05) is 0 Å². The molecule has 0 radical (unpaired) electrons. The number of ketones is 1. The molecule has 0 aromatic carbocycles. The zero-order chi connectivity index (χ0) is 14.2. The van der Waals surface area contributed by atoms with Gasteiger partial charge in [0.15, 0.2) is 6.29 Å². The highest BCUT2D eigenvalue weighted by molar-refractivity contribution is 5.75. The van der Waals surface area contributed by atoms with Gasteiger partial charge in [-0.05, 0) is 42.4 Å². The van der Waals surface area contributed by atoms with Gasteiger partial charge in [-0.3, -0.25) is 0 Å². The summed E-state index contributed by atoms with van der Waals surface area (Å²) in [5, 5.41) is 19.4. The third-order valence-corrected chi connectivity index (χ3v) is 5.30. The zero-order valence-corrected chi connectivity index (χ0v) is 12.1. The molecule has 2 fully saturated rings. The summed E-state index contributed by atoms with van der Waals surface area (Å²) in [4.78, 5) is 11.2. The van der Waals surface area contributed by atoms with Crippen molar-refractivity contribution in [1.82, 2.24) is 0 Å². The first-order valence-corrected chi connectivity index (χ1v) is 7.30. The molecule has 1 saturated heterocycles. The van der Waals surface area contributed by atoms with E-state index in [0.717, 1.165) is 6.42 Å². The molecular formula is C15H26O4. The molecule has 2 aliphatic rings. The van der Waals surface area contributed by atoms with Gasteiger partial charge in [0.05, 0.1) is 6.61 Å². The number of Topliss-reactive ketones (excluding diaryl/α,β-unsaturated/α-hetero) is 1. The predicted octanol–water partition coefficient (Wildman–Crippen LogP) is 1.59. The smallest absolute Gasteiger partial charge is 0.154 e. The van der Waals surface area contributed by atoms with E-state index in [0.29, 0.717) is 43.1 Å². The van der Waals surface area contributed by atoms with Crippen LogP contribution in [0.4, 0.5) is 0 Å². The summed E-state index contributed by atoms with van der Waals surface area (Å²) in [6, 6.07) is 0. The van der Waals surface area contributed by atoms with Crippen LogP contribution in [0.5, 0.6) is 0 Å². The minimum absolute atomic E-state index is 0.0779. The van der Waals surface area contributed by atoms with Gasteiger partial charge in [-0.1, -0.05) is 13.8 Å². The Bertz CT molecular complexity index is 343. The number of carbonyl (C=O) groups excluding carboxylic acids is 1. The molecular weight excluding hydrogens is 244 g/mol. The molecule has 1 aliphatic heterocycles. The summed E-state index contributed by atoms with van der Waals surface area (Å²) >= 11 is 0. The van der Waals surface area contributed by atoms with E-state index in [1.54, 1.807) is 6.92 Å². The number of hydrogen-bond acceptors (Lipinski definition) is 4. The Morgan fingerprint density at radius 1 is 1.47 bits per heavy atom. The molecule has 4 nitrogen and oxygen atoms in total. The molecule has 0 bridgehead atoms. The standard InChI is InChI=1S/C15H26O4/c1-9-7-19-13(18)6-11(9)14-12(5-4-10(2)17)15(14,3)8-16/h9,11-14,16,18H,4-8H2,1-3H3/t9-,11+,12-,13+,14+,15+/m1/s1. The Morgan fingerprint density at radius 3 is 2.74 bits per heavy atom. The van der Waals surface area contributed by atoms with E-state index in [1.165, 1.54) is 0 Å². The van der Waals surface area contributed by atoms with Gasteiger partial charge >= 0.3 is 0 Å². The van der Waals surface area contributed by atoms with Crippen molar-refractivity contribution >= 4 is 5.78 Å². The Morgan fingerprint density at radius 2 is 2.16 bits per heavy atom. The van der Waals surface area contributed by atoms with E-state index in [2.05, 4.69) is 13.8 Å². The molecule has 0 aromatic heterocycles. The molecule has 110 valence electrons. The fourth-order valence-electron chi connectivity index (χ4n) is 4.00. The highest BCUT2D eigenvalue weighted by Crippen LogP contribution is 2.66. The molecule has 1 heterocycles. The number of ether oxygens (including phenoxy) is 1. The van der Waals surface area contributed by atoms with Crippen LogP contribution in [0.15, 0.2) is 0 Å². The Hall–Kier alpha value is -0.450. The van der Waals surface area contributed by atoms with Gasteiger partial charge in [0.1, 0.15) is 5.78 Å². The fraction of sp³-hybridized carbons (Fsp3) is 0.933. The molecule has 0 amide bonds. The lowest BCUT2D eigenvalue weighted by Gasteiger charge is -2.33. The zero-order valence-electron chi connectivity index (χ0n) is 12.1. The summed E-state index contributed by atoms with van der Waals surface area (Å²) < 4.78 is 5.27. The molecule has 1 aliphatic carbocycles. The van der Waals surface area contributed by atoms with E-state index < -0.39 is 6.29 Å².